The molecule has 1 aromatic heterocycles. The molecule has 0 aromatic carbocycles. The van der Waals surface area contributed by atoms with Gasteiger partial charge in [-0.2, -0.15) is 5.10 Å². The molecule has 6 heteroatoms. The number of carbonyl (C=O) groups is 1. The van der Waals surface area contributed by atoms with E-state index in [1.54, 1.807) is 29.9 Å². The smallest absolute Gasteiger partial charge is 0.247 e. The molecule has 1 amide bonds. The number of hydrogen-bond acceptors (Lipinski definition) is 4. The summed E-state index contributed by atoms with van der Waals surface area (Å²) in [5, 5.41) is 7.20. The first-order valence-corrected chi connectivity index (χ1v) is 5.71. The Morgan fingerprint density at radius 1 is 1.59 bits per heavy atom. The van der Waals surface area contributed by atoms with Gasteiger partial charge in [0.1, 0.15) is 18.3 Å². The van der Waals surface area contributed by atoms with Crippen LogP contribution in [0.5, 0.6) is 5.88 Å². The SMILES string of the molecule is CN[C@H]1COc2c(cnn2C(C)C)N(C)C1=O. The molecule has 0 saturated heterocycles. The van der Waals surface area contributed by atoms with Gasteiger partial charge < -0.3 is 15.0 Å². The quantitative estimate of drug-likeness (QED) is 0.810. The van der Waals surface area contributed by atoms with E-state index in [2.05, 4.69) is 10.4 Å². The summed E-state index contributed by atoms with van der Waals surface area (Å²) in [7, 11) is 3.50. The van der Waals surface area contributed by atoms with Gasteiger partial charge in [-0.25, -0.2) is 4.68 Å². The molecule has 1 aliphatic heterocycles. The van der Waals surface area contributed by atoms with E-state index < -0.39 is 0 Å². The molecule has 0 unspecified atom stereocenters. The van der Waals surface area contributed by atoms with Gasteiger partial charge in [0, 0.05) is 7.05 Å². The molecule has 0 bridgehead atoms. The lowest BCUT2D eigenvalue weighted by atomic mass is 10.3. The maximum atomic E-state index is 12.1. The van der Waals surface area contributed by atoms with E-state index >= 15 is 0 Å². The molecular formula is C11H18N4O2. The number of nitrogens with one attached hydrogen (secondary N) is 1. The normalized spacial score (nSPS) is 20.2. The molecule has 1 atom stereocenters. The van der Waals surface area contributed by atoms with Crippen molar-refractivity contribution in [1.82, 2.24) is 15.1 Å². The second-order valence-electron chi connectivity index (χ2n) is 4.42. The Morgan fingerprint density at radius 3 is 2.88 bits per heavy atom. The van der Waals surface area contributed by atoms with E-state index in [1.165, 1.54) is 0 Å². The highest BCUT2D eigenvalue weighted by Gasteiger charge is 2.31. The molecule has 1 aliphatic rings. The molecule has 0 saturated carbocycles. The van der Waals surface area contributed by atoms with Gasteiger partial charge in [0.05, 0.1) is 12.2 Å². The molecule has 1 N–H and O–H groups in total. The van der Waals surface area contributed by atoms with Crippen LogP contribution in [0.2, 0.25) is 0 Å². The van der Waals surface area contributed by atoms with Gasteiger partial charge in [-0.3, -0.25) is 4.79 Å². The van der Waals surface area contributed by atoms with Gasteiger partial charge in [-0.15, -0.1) is 0 Å². The van der Waals surface area contributed by atoms with Crippen LogP contribution in [-0.4, -0.2) is 42.4 Å². The predicted molar refractivity (Wildman–Crippen MR) is 64.4 cm³/mol. The van der Waals surface area contributed by atoms with Crippen LogP contribution in [0.1, 0.15) is 19.9 Å². The van der Waals surface area contributed by atoms with Gasteiger partial charge in [-0.05, 0) is 20.9 Å². The van der Waals surface area contributed by atoms with Crippen molar-refractivity contribution in [2.45, 2.75) is 25.9 Å². The number of anilines is 1. The summed E-state index contributed by atoms with van der Waals surface area (Å²) in [4.78, 5) is 13.7. The number of aromatic nitrogens is 2. The minimum Gasteiger partial charge on any atom is -0.474 e. The Hall–Kier alpha value is -1.56. The summed E-state index contributed by atoms with van der Waals surface area (Å²) in [6.07, 6.45) is 1.67. The third-order valence-corrected chi connectivity index (χ3v) is 2.95. The van der Waals surface area contributed by atoms with Crippen molar-refractivity contribution >= 4 is 11.6 Å². The lowest BCUT2D eigenvalue weighted by molar-refractivity contribution is -0.120. The maximum absolute atomic E-state index is 12.1. The standard InChI is InChI=1S/C11H18N4O2/c1-7(2)15-11-9(5-13-15)14(4)10(16)8(12-3)6-17-11/h5,7-8,12H,6H2,1-4H3/t8-/m0/s1. The Balaban J connectivity index is 2.40. The minimum absolute atomic E-state index is 0.00504. The number of ether oxygens (including phenoxy) is 1. The molecule has 0 aliphatic carbocycles. The topological polar surface area (TPSA) is 59.4 Å². The number of rotatable bonds is 2. The first kappa shape index (κ1) is 11.9. The zero-order valence-corrected chi connectivity index (χ0v) is 10.6. The fourth-order valence-corrected chi connectivity index (χ4v) is 1.87. The number of carbonyl (C=O) groups excluding carboxylic acids is 1. The summed E-state index contributed by atoms with van der Waals surface area (Å²) >= 11 is 0. The van der Waals surface area contributed by atoms with Crippen LogP contribution < -0.4 is 15.0 Å². The molecule has 1 aromatic rings. The van der Waals surface area contributed by atoms with Gasteiger partial charge >= 0.3 is 0 Å². The second kappa shape index (κ2) is 4.37. The average molecular weight is 238 g/mol. The number of likely N-dealkylation sites (N-methyl/N-ethyl adjacent to an activating group) is 2. The van der Waals surface area contributed by atoms with Gasteiger partial charge in [0.15, 0.2) is 0 Å². The van der Waals surface area contributed by atoms with Crippen molar-refractivity contribution < 1.29 is 9.53 Å². The third kappa shape index (κ3) is 1.88. The van der Waals surface area contributed by atoms with Crippen molar-refractivity contribution in [2.75, 3.05) is 25.6 Å². The Kier molecular flexibility index (Phi) is 3.06. The van der Waals surface area contributed by atoms with Crippen molar-refractivity contribution in [3.63, 3.8) is 0 Å². The van der Waals surface area contributed by atoms with Crippen LogP contribution in [0.4, 0.5) is 5.69 Å². The van der Waals surface area contributed by atoms with Crippen molar-refractivity contribution in [2.24, 2.45) is 0 Å². The van der Waals surface area contributed by atoms with Crippen molar-refractivity contribution in [1.29, 1.82) is 0 Å². The third-order valence-electron chi connectivity index (χ3n) is 2.95. The lowest BCUT2D eigenvalue weighted by Gasteiger charge is -2.17. The maximum Gasteiger partial charge on any atom is 0.247 e. The number of hydrogen-bond donors (Lipinski definition) is 1. The Morgan fingerprint density at radius 2 is 2.29 bits per heavy atom. The number of fused-ring (bicyclic) bond motifs is 1. The summed E-state index contributed by atoms with van der Waals surface area (Å²) in [5.41, 5.74) is 0.724. The molecule has 2 heterocycles. The van der Waals surface area contributed by atoms with Crippen LogP contribution >= 0.6 is 0 Å². The molecule has 0 spiro atoms. The summed E-state index contributed by atoms with van der Waals surface area (Å²) < 4.78 is 7.49. The number of nitrogens with zero attached hydrogens (tertiary/aromatic N) is 3. The second-order valence-corrected chi connectivity index (χ2v) is 4.42. The predicted octanol–water partition coefficient (Wildman–Crippen LogP) is 0.407. The number of amides is 1. The van der Waals surface area contributed by atoms with E-state index in [-0.39, 0.29) is 18.0 Å². The molecule has 0 radical (unpaired) electrons. The summed E-state index contributed by atoms with van der Waals surface area (Å²) in [5.74, 6) is 0.656. The van der Waals surface area contributed by atoms with E-state index in [0.29, 0.717) is 12.5 Å². The van der Waals surface area contributed by atoms with Crippen LogP contribution in [0.3, 0.4) is 0 Å². The molecule has 17 heavy (non-hydrogen) atoms. The average Bonchev–Trinajstić information content (AvgIpc) is 2.67. The lowest BCUT2D eigenvalue weighted by Crippen LogP contribution is -2.45. The highest BCUT2D eigenvalue weighted by atomic mass is 16.5. The highest BCUT2D eigenvalue weighted by molar-refractivity contribution is 5.98. The first-order chi connectivity index (χ1) is 8.06. The van der Waals surface area contributed by atoms with E-state index in [1.807, 2.05) is 13.8 Å². The summed E-state index contributed by atoms with van der Waals surface area (Å²) in [6.45, 7) is 4.38. The van der Waals surface area contributed by atoms with Crippen LogP contribution in [0.25, 0.3) is 0 Å². The largest absolute Gasteiger partial charge is 0.474 e. The van der Waals surface area contributed by atoms with Crippen LogP contribution in [0, 0.1) is 0 Å². The fraction of sp³-hybridized carbons (Fsp3) is 0.636. The monoisotopic (exact) mass is 238 g/mol. The van der Waals surface area contributed by atoms with E-state index in [4.69, 9.17) is 4.74 Å². The minimum atomic E-state index is -0.312. The van der Waals surface area contributed by atoms with Gasteiger partial charge in [0.2, 0.25) is 11.8 Å². The molecule has 94 valence electrons. The van der Waals surface area contributed by atoms with E-state index in [0.717, 1.165) is 5.69 Å². The van der Waals surface area contributed by atoms with Gasteiger partial charge in [0.25, 0.3) is 0 Å². The summed E-state index contributed by atoms with van der Waals surface area (Å²) in [6, 6.07) is -0.110. The van der Waals surface area contributed by atoms with Crippen molar-refractivity contribution in [3.8, 4) is 5.88 Å². The van der Waals surface area contributed by atoms with Crippen LogP contribution in [-0.2, 0) is 4.79 Å². The highest BCUT2D eigenvalue weighted by Crippen LogP contribution is 2.32. The fourth-order valence-electron chi connectivity index (χ4n) is 1.87. The zero-order chi connectivity index (χ0) is 12.6. The Bertz CT molecular complexity index is 427. The first-order valence-electron chi connectivity index (χ1n) is 5.71. The zero-order valence-electron chi connectivity index (χ0n) is 10.6. The molecule has 2 rings (SSSR count). The van der Waals surface area contributed by atoms with Crippen molar-refractivity contribution in [3.05, 3.63) is 6.20 Å². The Labute approximate surface area is 101 Å². The van der Waals surface area contributed by atoms with Gasteiger partial charge in [-0.1, -0.05) is 0 Å². The molecule has 6 nitrogen and oxygen atoms in total. The van der Waals surface area contributed by atoms with E-state index in [9.17, 15) is 4.79 Å². The molecule has 0 fully saturated rings. The van der Waals surface area contributed by atoms with Crippen LogP contribution in [0.15, 0.2) is 6.20 Å². The molecular weight excluding hydrogens is 220 g/mol.